The second-order valence-electron chi connectivity index (χ2n) is 8.30. The van der Waals surface area contributed by atoms with Crippen molar-refractivity contribution >= 4 is 5.91 Å². The number of hydrogen-bond donors (Lipinski definition) is 0. The molecule has 2 aliphatic rings. The predicted octanol–water partition coefficient (Wildman–Crippen LogP) is 3.54. The second-order valence-corrected chi connectivity index (χ2v) is 8.30. The van der Waals surface area contributed by atoms with E-state index >= 15 is 0 Å². The lowest BCUT2D eigenvalue weighted by Gasteiger charge is -2.34. The quantitative estimate of drug-likeness (QED) is 0.749. The topological polar surface area (TPSA) is 32.8 Å². The van der Waals surface area contributed by atoms with Crippen molar-refractivity contribution in [3.8, 4) is 5.75 Å². The van der Waals surface area contributed by atoms with Gasteiger partial charge in [0.1, 0.15) is 11.6 Å². The minimum Gasteiger partial charge on any atom is -0.480 e. The maximum atomic E-state index is 13.3. The minimum absolute atomic E-state index is 0.0785. The van der Waals surface area contributed by atoms with Crippen LogP contribution < -0.4 is 4.74 Å². The largest absolute Gasteiger partial charge is 0.480 e. The van der Waals surface area contributed by atoms with Gasteiger partial charge in [-0.2, -0.15) is 0 Å². The van der Waals surface area contributed by atoms with E-state index in [9.17, 15) is 9.18 Å². The van der Waals surface area contributed by atoms with Crippen LogP contribution in [-0.2, 0) is 17.6 Å². The number of benzene rings is 2. The van der Waals surface area contributed by atoms with Gasteiger partial charge in [0.2, 0.25) is 0 Å². The van der Waals surface area contributed by atoms with E-state index in [1.54, 1.807) is 12.1 Å². The molecule has 4 rings (SSSR count). The third-order valence-electron chi connectivity index (χ3n) is 6.14. The number of halogens is 1. The predicted molar refractivity (Wildman–Crippen MR) is 111 cm³/mol. The second kappa shape index (κ2) is 8.95. The van der Waals surface area contributed by atoms with Crippen molar-refractivity contribution in [1.29, 1.82) is 0 Å². The first-order chi connectivity index (χ1) is 14.1. The Morgan fingerprint density at radius 2 is 1.97 bits per heavy atom. The van der Waals surface area contributed by atoms with E-state index in [2.05, 4.69) is 4.90 Å². The van der Waals surface area contributed by atoms with Gasteiger partial charge in [-0.15, -0.1) is 0 Å². The Labute approximate surface area is 172 Å². The summed E-state index contributed by atoms with van der Waals surface area (Å²) in [6.07, 6.45) is 3.33. The fraction of sp³-hybridized carbons (Fsp3) is 0.458. The third-order valence-corrected chi connectivity index (χ3v) is 6.14. The standard InChI is InChI=1S/C24H29FN2O2/c1-26(24(28)23-16-20-6-2-3-8-22(20)29-23)17-19-10-13-27(14-11-19)12-9-18-5-4-7-21(25)15-18/h2-8,15,19,23H,9-14,16-17H2,1H3/t23-/m0/s1. The summed E-state index contributed by atoms with van der Waals surface area (Å²) in [7, 11) is 1.89. The maximum absolute atomic E-state index is 13.3. The molecule has 4 nitrogen and oxygen atoms in total. The number of carbonyl (C=O) groups is 1. The van der Waals surface area contributed by atoms with Gasteiger partial charge in [-0.05, 0) is 67.6 Å². The zero-order valence-corrected chi connectivity index (χ0v) is 17.0. The number of ether oxygens (including phenoxy) is 1. The van der Waals surface area contributed by atoms with Crippen molar-refractivity contribution < 1.29 is 13.9 Å². The molecule has 1 saturated heterocycles. The van der Waals surface area contributed by atoms with E-state index in [-0.39, 0.29) is 17.8 Å². The zero-order valence-electron chi connectivity index (χ0n) is 17.0. The smallest absolute Gasteiger partial charge is 0.263 e. The highest BCUT2D eigenvalue weighted by Gasteiger charge is 2.32. The van der Waals surface area contributed by atoms with Gasteiger partial charge in [-0.3, -0.25) is 4.79 Å². The first kappa shape index (κ1) is 19.9. The summed E-state index contributed by atoms with van der Waals surface area (Å²) in [5.74, 6) is 1.28. The number of piperidine rings is 1. The Hall–Kier alpha value is -2.40. The van der Waals surface area contributed by atoms with Gasteiger partial charge in [-0.1, -0.05) is 30.3 Å². The molecule has 0 aromatic heterocycles. The van der Waals surface area contributed by atoms with Gasteiger partial charge < -0.3 is 14.5 Å². The molecule has 1 atom stereocenters. The van der Waals surface area contributed by atoms with E-state index in [4.69, 9.17) is 4.74 Å². The molecule has 2 aromatic rings. The molecule has 2 aromatic carbocycles. The highest BCUT2D eigenvalue weighted by molar-refractivity contribution is 5.82. The fourth-order valence-corrected chi connectivity index (χ4v) is 4.42. The molecule has 0 aliphatic carbocycles. The summed E-state index contributed by atoms with van der Waals surface area (Å²) in [5.41, 5.74) is 2.17. The fourth-order valence-electron chi connectivity index (χ4n) is 4.42. The van der Waals surface area contributed by atoms with Crippen molar-refractivity contribution in [1.82, 2.24) is 9.80 Å². The van der Waals surface area contributed by atoms with Crippen molar-refractivity contribution in [3.05, 3.63) is 65.5 Å². The molecular formula is C24H29FN2O2. The lowest BCUT2D eigenvalue weighted by molar-refractivity contribution is -0.137. The first-order valence-electron chi connectivity index (χ1n) is 10.5. The number of rotatable bonds is 6. The third kappa shape index (κ3) is 4.96. The Bertz CT molecular complexity index is 823. The molecule has 154 valence electrons. The average molecular weight is 397 g/mol. The maximum Gasteiger partial charge on any atom is 0.263 e. The number of fused-ring (bicyclic) bond motifs is 1. The molecule has 0 spiro atoms. The van der Waals surface area contributed by atoms with Crippen LogP contribution in [0, 0.1) is 11.7 Å². The molecule has 1 amide bonds. The summed E-state index contributed by atoms with van der Waals surface area (Å²) in [5, 5.41) is 0. The molecule has 0 N–H and O–H groups in total. The molecule has 1 fully saturated rings. The number of amides is 1. The monoisotopic (exact) mass is 396 g/mol. The Kier molecular flexibility index (Phi) is 6.14. The minimum atomic E-state index is -0.385. The lowest BCUT2D eigenvalue weighted by Crippen LogP contribution is -2.44. The van der Waals surface area contributed by atoms with Crippen LogP contribution in [-0.4, -0.2) is 55.0 Å². The first-order valence-corrected chi connectivity index (χ1v) is 10.5. The summed E-state index contributed by atoms with van der Waals surface area (Å²) >= 11 is 0. The van der Waals surface area contributed by atoms with E-state index in [1.807, 2.05) is 42.3 Å². The molecule has 0 bridgehead atoms. The van der Waals surface area contributed by atoms with Crippen LogP contribution in [0.2, 0.25) is 0 Å². The normalized spacial score (nSPS) is 19.6. The van der Waals surface area contributed by atoms with Crippen molar-refractivity contribution in [2.24, 2.45) is 5.92 Å². The van der Waals surface area contributed by atoms with Crippen molar-refractivity contribution in [2.45, 2.75) is 31.8 Å². The van der Waals surface area contributed by atoms with Crippen molar-refractivity contribution in [3.63, 3.8) is 0 Å². The molecule has 2 aliphatic heterocycles. The molecule has 2 heterocycles. The number of nitrogens with zero attached hydrogens (tertiary/aromatic N) is 2. The molecule has 29 heavy (non-hydrogen) atoms. The van der Waals surface area contributed by atoms with Crippen LogP contribution in [0.5, 0.6) is 5.75 Å². The number of para-hydroxylation sites is 1. The zero-order chi connectivity index (χ0) is 20.2. The number of hydrogen-bond acceptors (Lipinski definition) is 3. The van der Waals surface area contributed by atoms with Gasteiger partial charge in [0.25, 0.3) is 5.91 Å². The van der Waals surface area contributed by atoms with Gasteiger partial charge >= 0.3 is 0 Å². The van der Waals surface area contributed by atoms with Crippen LogP contribution in [0.25, 0.3) is 0 Å². The van der Waals surface area contributed by atoms with Crippen LogP contribution >= 0.6 is 0 Å². The van der Waals surface area contributed by atoms with E-state index in [0.717, 1.165) is 62.3 Å². The number of likely N-dealkylation sites (tertiary alicyclic amines) is 1. The highest BCUT2D eigenvalue weighted by Crippen LogP contribution is 2.29. The van der Waals surface area contributed by atoms with Crippen molar-refractivity contribution in [2.75, 3.05) is 33.2 Å². The molecule has 0 unspecified atom stereocenters. The van der Waals surface area contributed by atoms with Crippen LogP contribution in [0.15, 0.2) is 48.5 Å². The van der Waals surface area contributed by atoms with E-state index in [0.29, 0.717) is 12.3 Å². The summed E-state index contributed by atoms with van der Waals surface area (Å²) in [6, 6.07) is 14.8. The summed E-state index contributed by atoms with van der Waals surface area (Å²) in [4.78, 5) is 17.1. The van der Waals surface area contributed by atoms with Gasteiger partial charge in [-0.25, -0.2) is 4.39 Å². The van der Waals surface area contributed by atoms with Crippen LogP contribution in [0.1, 0.15) is 24.0 Å². The Morgan fingerprint density at radius 1 is 1.17 bits per heavy atom. The van der Waals surface area contributed by atoms with Gasteiger partial charge in [0.05, 0.1) is 0 Å². The van der Waals surface area contributed by atoms with Crippen LogP contribution in [0.3, 0.4) is 0 Å². The molecule has 5 heteroatoms. The van der Waals surface area contributed by atoms with Gasteiger partial charge in [0.15, 0.2) is 6.10 Å². The van der Waals surface area contributed by atoms with Crippen LogP contribution in [0.4, 0.5) is 4.39 Å². The lowest BCUT2D eigenvalue weighted by atomic mass is 9.95. The molecule has 0 saturated carbocycles. The number of likely N-dealkylation sites (N-methyl/N-ethyl adjacent to an activating group) is 1. The molecule has 0 radical (unpaired) electrons. The number of carbonyl (C=O) groups excluding carboxylic acids is 1. The summed E-state index contributed by atoms with van der Waals surface area (Å²) in [6.45, 7) is 3.81. The SMILES string of the molecule is CN(CC1CCN(CCc2cccc(F)c2)CC1)C(=O)[C@@H]1Cc2ccccc2O1. The van der Waals surface area contributed by atoms with E-state index in [1.165, 1.54) is 6.07 Å². The summed E-state index contributed by atoms with van der Waals surface area (Å²) < 4.78 is 19.2. The van der Waals surface area contributed by atoms with E-state index < -0.39 is 0 Å². The Morgan fingerprint density at radius 3 is 2.72 bits per heavy atom. The highest BCUT2D eigenvalue weighted by atomic mass is 19.1. The average Bonchev–Trinajstić information content (AvgIpc) is 3.17. The van der Waals surface area contributed by atoms with Gasteiger partial charge in [0, 0.05) is 26.6 Å². The molecular weight excluding hydrogens is 367 g/mol. The Balaban J connectivity index is 1.20.